The third-order valence-corrected chi connectivity index (χ3v) is 2.69. The Labute approximate surface area is 118 Å². The fraction of sp³-hybridized carbons (Fsp3) is 0.769. The van der Waals surface area contributed by atoms with Crippen LogP contribution in [0.15, 0.2) is 0 Å². The lowest BCUT2D eigenvalue weighted by molar-refractivity contribution is -0.209. The van der Waals surface area contributed by atoms with Crippen LogP contribution in [-0.2, 0) is 19.2 Å². The summed E-state index contributed by atoms with van der Waals surface area (Å²) in [4.78, 5) is 41.2. The first kappa shape index (κ1) is 16.3. The highest BCUT2D eigenvalue weighted by molar-refractivity contribution is 5.84. The van der Waals surface area contributed by atoms with Gasteiger partial charge in [0.05, 0.1) is 12.1 Å². The summed E-state index contributed by atoms with van der Waals surface area (Å²) in [6.45, 7) is 9.97. The fourth-order valence-corrected chi connectivity index (χ4v) is 1.82. The molecular formula is C13H22N2O5. The fourth-order valence-electron chi connectivity index (χ4n) is 1.82. The average molecular weight is 286 g/mol. The number of hydrogen-bond acceptors (Lipinski definition) is 5. The van der Waals surface area contributed by atoms with E-state index in [1.165, 1.54) is 11.8 Å². The van der Waals surface area contributed by atoms with Gasteiger partial charge < -0.3 is 9.57 Å². The monoisotopic (exact) mass is 286 g/mol. The summed E-state index contributed by atoms with van der Waals surface area (Å²) in [6.07, 6.45) is -0.557. The molecule has 1 aliphatic rings. The predicted octanol–water partition coefficient (Wildman–Crippen LogP) is 1.32. The molecule has 114 valence electrons. The van der Waals surface area contributed by atoms with Crippen LogP contribution >= 0.6 is 0 Å². The standard InChI is InChI=1S/C13H22N2O5/c1-9(16)20-15-8-13(5,6)14(7-10(15)17)11(18)19-12(2,3)4/h7-8H2,1-6H3. The largest absolute Gasteiger partial charge is 0.444 e. The number of hydroxylamine groups is 2. The van der Waals surface area contributed by atoms with Gasteiger partial charge in [-0.1, -0.05) is 0 Å². The second kappa shape index (κ2) is 5.30. The Morgan fingerprint density at radius 3 is 2.25 bits per heavy atom. The molecule has 0 spiro atoms. The lowest BCUT2D eigenvalue weighted by atomic mass is 10.0. The molecule has 7 heteroatoms. The minimum atomic E-state index is -0.689. The molecule has 0 aliphatic carbocycles. The minimum absolute atomic E-state index is 0.102. The Morgan fingerprint density at radius 2 is 1.80 bits per heavy atom. The molecule has 0 aromatic carbocycles. The van der Waals surface area contributed by atoms with Crippen LogP contribution in [0.2, 0.25) is 0 Å². The van der Waals surface area contributed by atoms with E-state index in [0.29, 0.717) is 0 Å². The number of nitrogens with zero attached hydrogens (tertiary/aromatic N) is 2. The van der Waals surface area contributed by atoms with Crippen molar-refractivity contribution >= 4 is 18.0 Å². The normalized spacial score (nSPS) is 18.8. The highest BCUT2D eigenvalue weighted by Crippen LogP contribution is 2.24. The highest BCUT2D eigenvalue weighted by atomic mass is 16.7. The van der Waals surface area contributed by atoms with E-state index in [4.69, 9.17) is 9.57 Å². The van der Waals surface area contributed by atoms with Gasteiger partial charge in [-0.3, -0.25) is 14.5 Å². The van der Waals surface area contributed by atoms with Gasteiger partial charge in [0.2, 0.25) is 0 Å². The van der Waals surface area contributed by atoms with E-state index in [0.717, 1.165) is 5.06 Å². The first-order chi connectivity index (χ1) is 8.92. The van der Waals surface area contributed by atoms with Crippen molar-refractivity contribution in [2.24, 2.45) is 0 Å². The molecule has 0 saturated carbocycles. The van der Waals surface area contributed by atoms with Crippen molar-refractivity contribution in [3.05, 3.63) is 0 Å². The summed E-state index contributed by atoms with van der Waals surface area (Å²) in [5.41, 5.74) is -1.32. The molecule has 0 aromatic heterocycles. The minimum Gasteiger partial charge on any atom is -0.444 e. The molecule has 7 nitrogen and oxygen atoms in total. The maximum Gasteiger partial charge on any atom is 0.411 e. The molecule has 0 unspecified atom stereocenters. The number of hydrogen-bond donors (Lipinski definition) is 0. The average Bonchev–Trinajstić information content (AvgIpc) is 2.18. The number of carbonyl (C=O) groups is 3. The van der Waals surface area contributed by atoms with Gasteiger partial charge in [-0.25, -0.2) is 4.79 Å². The molecule has 20 heavy (non-hydrogen) atoms. The van der Waals surface area contributed by atoms with E-state index in [9.17, 15) is 14.4 Å². The number of carbonyl (C=O) groups excluding carboxylic acids is 3. The van der Waals surface area contributed by atoms with Crippen LogP contribution in [0.25, 0.3) is 0 Å². The van der Waals surface area contributed by atoms with Crippen molar-refractivity contribution in [3.8, 4) is 0 Å². The number of piperazine rings is 1. The van der Waals surface area contributed by atoms with Crippen LogP contribution in [-0.4, -0.2) is 52.2 Å². The van der Waals surface area contributed by atoms with Crippen molar-refractivity contribution < 1.29 is 24.0 Å². The molecule has 0 bridgehead atoms. The molecule has 1 saturated heterocycles. The van der Waals surface area contributed by atoms with Crippen LogP contribution in [0.4, 0.5) is 4.79 Å². The number of ether oxygens (including phenoxy) is 1. The molecule has 1 rings (SSSR count). The van der Waals surface area contributed by atoms with Crippen molar-refractivity contribution in [3.63, 3.8) is 0 Å². The molecule has 1 fully saturated rings. The van der Waals surface area contributed by atoms with Gasteiger partial charge in [0.1, 0.15) is 12.1 Å². The van der Waals surface area contributed by atoms with Crippen molar-refractivity contribution in [2.45, 2.75) is 52.7 Å². The van der Waals surface area contributed by atoms with Crippen molar-refractivity contribution in [1.82, 2.24) is 9.96 Å². The molecule has 1 aliphatic heterocycles. The van der Waals surface area contributed by atoms with Crippen LogP contribution < -0.4 is 0 Å². The summed E-state index contributed by atoms with van der Waals surface area (Å²) in [7, 11) is 0. The van der Waals surface area contributed by atoms with Gasteiger partial charge in [-0.05, 0) is 34.6 Å². The zero-order chi connectivity index (χ0) is 15.7. The molecular weight excluding hydrogens is 264 g/mol. The van der Waals surface area contributed by atoms with Crippen molar-refractivity contribution in [1.29, 1.82) is 0 Å². The Kier molecular flexibility index (Phi) is 4.31. The Morgan fingerprint density at radius 1 is 1.25 bits per heavy atom. The third kappa shape index (κ3) is 4.11. The van der Waals surface area contributed by atoms with Gasteiger partial charge >= 0.3 is 12.1 Å². The number of amides is 2. The first-order valence-corrected chi connectivity index (χ1v) is 6.42. The number of rotatable bonds is 1. The molecule has 0 aromatic rings. The van der Waals surface area contributed by atoms with Crippen molar-refractivity contribution in [2.75, 3.05) is 13.1 Å². The lowest BCUT2D eigenvalue weighted by Crippen LogP contribution is -2.63. The Bertz CT molecular complexity index is 425. The molecule has 0 atom stereocenters. The van der Waals surface area contributed by atoms with E-state index >= 15 is 0 Å². The van der Waals surface area contributed by atoms with Gasteiger partial charge in [0.15, 0.2) is 0 Å². The smallest absolute Gasteiger partial charge is 0.411 e. The van der Waals surface area contributed by atoms with Gasteiger partial charge in [0.25, 0.3) is 5.91 Å². The topological polar surface area (TPSA) is 76.2 Å². The predicted molar refractivity (Wildman–Crippen MR) is 70.5 cm³/mol. The summed E-state index contributed by atoms with van der Waals surface area (Å²) in [5.74, 6) is -1.02. The quantitative estimate of drug-likeness (QED) is 0.726. The molecule has 1 heterocycles. The highest BCUT2D eigenvalue weighted by Gasteiger charge is 2.43. The van der Waals surface area contributed by atoms with E-state index in [1.807, 2.05) is 0 Å². The third-order valence-electron chi connectivity index (χ3n) is 2.69. The van der Waals surface area contributed by atoms with E-state index in [-0.39, 0.29) is 13.1 Å². The first-order valence-electron chi connectivity index (χ1n) is 6.42. The van der Waals surface area contributed by atoms with Crippen LogP contribution in [0.5, 0.6) is 0 Å². The summed E-state index contributed by atoms with van der Waals surface area (Å²) >= 11 is 0. The van der Waals surface area contributed by atoms with E-state index in [2.05, 4.69) is 0 Å². The lowest BCUT2D eigenvalue weighted by Gasteiger charge is -2.44. The van der Waals surface area contributed by atoms with E-state index in [1.54, 1.807) is 34.6 Å². The second-order valence-electron chi connectivity index (χ2n) is 6.39. The maximum absolute atomic E-state index is 12.1. The molecule has 2 amide bonds. The molecule has 0 radical (unpaired) electrons. The van der Waals surface area contributed by atoms with Gasteiger partial charge in [0, 0.05) is 6.92 Å². The van der Waals surface area contributed by atoms with Gasteiger partial charge in [-0.15, -0.1) is 0 Å². The summed E-state index contributed by atoms with van der Waals surface area (Å²) < 4.78 is 5.29. The van der Waals surface area contributed by atoms with Gasteiger partial charge in [-0.2, -0.15) is 5.06 Å². The SMILES string of the molecule is CC(=O)ON1CC(C)(C)N(C(=O)OC(C)(C)C)CC1=O. The second-order valence-corrected chi connectivity index (χ2v) is 6.39. The Balaban J connectivity index is 2.84. The maximum atomic E-state index is 12.1. The van der Waals surface area contributed by atoms with Crippen LogP contribution in [0.1, 0.15) is 41.5 Å². The zero-order valence-electron chi connectivity index (χ0n) is 12.8. The Hall–Kier alpha value is -1.79. The summed E-state index contributed by atoms with van der Waals surface area (Å²) in [5, 5.41) is 0.989. The van der Waals surface area contributed by atoms with Crippen LogP contribution in [0.3, 0.4) is 0 Å². The van der Waals surface area contributed by atoms with E-state index < -0.39 is 29.1 Å². The van der Waals surface area contributed by atoms with Crippen LogP contribution in [0, 0.1) is 0 Å². The summed E-state index contributed by atoms with van der Waals surface area (Å²) in [6, 6.07) is 0. The molecule has 0 N–H and O–H groups in total. The zero-order valence-corrected chi connectivity index (χ0v) is 12.8.